The normalized spacial score (nSPS) is 17.4. The van der Waals surface area contributed by atoms with Crippen molar-refractivity contribution in [3.8, 4) is 0 Å². The highest BCUT2D eigenvalue weighted by atomic mass is 32.1. The lowest BCUT2D eigenvalue weighted by Crippen LogP contribution is -2.41. The number of amides is 1. The summed E-state index contributed by atoms with van der Waals surface area (Å²) in [5.74, 6) is -0.236. The first-order chi connectivity index (χ1) is 13.0. The summed E-state index contributed by atoms with van der Waals surface area (Å²) in [7, 11) is 0. The van der Waals surface area contributed by atoms with Crippen molar-refractivity contribution in [2.24, 2.45) is 0 Å². The minimum absolute atomic E-state index is 0.178. The van der Waals surface area contributed by atoms with Crippen LogP contribution in [0.25, 0.3) is 0 Å². The fourth-order valence-electron chi connectivity index (χ4n) is 4.06. The highest BCUT2D eigenvalue weighted by Gasteiger charge is 2.25. The number of aryl methyl sites for hydroxylation is 1. The van der Waals surface area contributed by atoms with Crippen LogP contribution in [0.3, 0.4) is 0 Å². The third-order valence-corrected chi connectivity index (χ3v) is 6.35. The Hall–Kier alpha value is -1.92. The average Bonchev–Trinajstić information content (AvgIpc) is 3.32. The van der Waals surface area contributed by atoms with Crippen molar-refractivity contribution >= 4 is 17.2 Å². The molecule has 0 aliphatic carbocycles. The third kappa shape index (κ3) is 4.33. The monoisotopic (exact) mass is 387 g/mol. The molecule has 2 aromatic rings. The molecular weight excluding hydrogens is 358 g/mol. The van der Waals surface area contributed by atoms with Crippen molar-refractivity contribution < 1.29 is 4.79 Å². The van der Waals surface area contributed by atoms with Gasteiger partial charge >= 0.3 is 0 Å². The number of nitrogens with zero attached hydrogens (tertiary/aromatic N) is 2. The van der Waals surface area contributed by atoms with Gasteiger partial charge in [0.2, 0.25) is 0 Å². The van der Waals surface area contributed by atoms with Gasteiger partial charge in [-0.3, -0.25) is 14.5 Å². The number of carbonyl (C=O) groups is 1. The highest BCUT2D eigenvalue weighted by molar-refractivity contribution is 7.09. The van der Waals surface area contributed by atoms with Crippen LogP contribution in [0.5, 0.6) is 0 Å². The fourth-order valence-corrected chi connectivity index (χ4v) is 4.75. The summed E-state index contributed by atoms with van der Waals surface area (Å²) in [5, 5.41) is 5.08. The third-order valence-electron chi connectivity index (χ3n) is 5.49. The maximum absolute atomic E-state index is 12.9. The summed E-state index contributed by atoms with van der Waals surface area (Å²) in [6.07, 6.45) is 2.92. The standard InChI is InChI=1S/C21H29N3O2S/c1-4-18-20(21(26)22-13-16-8-6-10-23(16)5-2)19(25)12-15(3)24(18)14-17-9-7-11-27-17/h7,9,11-12,16H,4-6,8,10,13-14H2,1-3H3,(H,22,26)/t16-/m1/s1. The van der Waals surface area contributed by atoms with Crippen LogP contribution >= 0.6 is 11.3 Å². The van der Waals surface area contributed by atoms with Gasteiger partial charge in [0.1, 0.15) is 5.56 Å². The van der Waals surface area contributed by atoms with Gasteiger partial charge in [0, 0.05) is 34.9 Å². The Morgan fingerprint density at radius 2 is 2.19 bits per heavy atom. The summed E-state index contributed by atoms with van der Waals surface area (Å²) in [6.45, 7) is 9.49. The van der Waals surface area contributed by atoms with Gasteiger partial charge in [-0.1, -0.05) is 19.9 Å². The first-order valence-corrected chi connectivity index (χ1v) is 10.7. The minimum Gasteiger partial charge on any atom is -0.350 e. The number of nitrogens with one attached hydrogen (secondary N) is 1. The molecule has 3 heterocycles. The smallest absolute Gasteiger partial charge is 0.257 e. The van der Waals surface area contributed by atoms with E-state index in [9.17, 15) is 9.59 Å². The molecule has 1 aliphatic rings. The largest absolute Gasteiger partial charge is 0.350 e. The summed E-state index contributed by atoms with van der Waals surface area (Å²) in [5.41, 5.74) is 1.85. The van der Waals surface area contributed by atoms with Crippen molar-refractivity contribution in [3.05, 3.63) is 55.6 Å². The predicted octanol–water partition coefficient (Wildman–Crippen LogP) is 3.04. The van der Waals surface area contributed by atoms with E-state index in [1.165, 1.54) is 11.3 Å². The Morgan fingerprint density at radius 1 is 1.37 bits per heavy atom. The van der Waals surface area contributed by atoms with E-state index < -0.39 is 0 Å². The van der Waals surface area contributed by atoms with Crippen LogP contribution < -0.4 is 10.7 Å². The molecule has 3 rings (SSSR count). The fraction of sp³-hybridized carbons (Fsp3) is 0.524. The quantitative estimate of drug-likeness (QED) is 0.794. The van der Waals surface area contributed by atoms with Crippen molar-refractivity contribution in [3.63, 3.8) is 0 Å². The van der Waals surface area contributed by atoms with Crippen LogP contribution in [0.1, 0.15) is 53.3 Å². The van der Waals surface area contributed by atoms with E-state index in [0.29, 0.717) is 31.1 Å². The van der Waals surface area contributed by atoms with Crippen LogP contribution in [0.4, 0.5) is 0 Å². The minimum atomic E-state index is -0.236. The lowest BCUT2D eigenvalue weighted by Gasteiger charge is -2.23. The Morgan fingerprint density at radius 3 is 2.85 bits per heavy atom. The molecule has 0 bridgehead atoms. The van der Waals surface area contributed by atoms with Crippen molar-refractivity contribution in [2.75, 3.05) is 19.6 Å². The molecule has 0 radical (unpaired) electrons. The van der Waals surface area contributed by atoms with Gasteiger partial charge in [-0.15, -0.1) is 11.3 Å². The molecule has 1 amide bonds. The highest BCUT2D eigenvalue weighted by Crippen LogP contribution is 2.18. The zero-order valence-corrected chi connectivity index (χ0v) is 17.3. The van der Waals surface area contributed by atoms with E-state index in [0.717, 1.165) is 30.9 Å². The van der Waals surface area contributed by atoms with E-state index in [1.807, 2.05) is 25.3 Å². The van der Waals surface area contributed by atoms with Crippen molar-refractivity contribution in [1.82, 2.24) is 14.8 Å². The molecule has 0 aromatic carbocycles. The Kier molecular flexibility index (Phi) is 6.50. The first-order valence-electron chi connectivity index (χ1n) is 9.83. The summed E-state index contributed by atoms with van der Waals surface area (Å²) < 4.78 is 2.11. The number of pyridine rings is 1. The number of likely N-dealkylation sites (N-methyl/N-ethyl adjacent to an activating group) is 1. The maximum atomic E-state index is 12.9. The molecule has 1 N–H and O–H groups in total. The number of carbonyl (C=O) groups excluding carboxylic acids is 1. The van der Waals surface area contributed by atoms with Gasteiger partial charge in [-0.2, -0.15) is 0 Å². The van der Waals surface area contributed by atoms with Gasteiger partial charge < -0.3 is 9.88 Å². The molecule has 0 saturated carbocycles. The number of aromatic nitrogens is 1. The van der Waals surface area contributed by atoms with Crippen LogP contribution in [-0.4, -0.2) is 41.1 Å². The molecule has 1 saturated heterocycles. The van der Waals surface area contributed by atoms with Crippen LogP contribution in [-0.2, 0) is 13.0 Å². The van der Waals surface area contributed by atoms with Gasteiger partial charge in [-0.25, -0.2) is 0 Å². The molecule has 0 unspecified atom stereocenters. The number of hydrogen-bond acceptors (Lipinski definition) is 4. The van der Waals surface area contributed by atoms with E-state index in [1.54, 1.807) is 17.4 Å². The summed E-state index contributed by atoms with van der Waals surface area (Å²) >= 11 is 1.69. The summed E-state index contributed by atoms with van der Waals surface area (Å²) in [4.78, 5) is 29.2. The first kappa shape index (κ1) is 19.8. The zero-order chi connectivity index (χ0) is 19.4. The van der Waals surface area contributed by atoms with Crippen LogP contribution in [0.2, 0.25) is 0 Å². The lowest BCUT2D eigenvalue weighted by molar-refractivity contribution is 0.0938. The molecule has 1 aliphatic heterocycles. The van der Waals surface area contributed by atoms with Crippen molar-refractivity contribution in [1.29, 1.82) is 0 Å². The van der Waals surface area contributed by atoms with Crippen molar-refractivity contribution in [2.45, 2.75) is 52.6 Å². The van der Waals surface area contributed by atoms with Gasteiger partial charge in [-0.05, 0) is 50.7 Å². The van der Waals surface area contributed by atoms with E-state index in [2.05, 4.69) is 27.8 Å². The van der Waals surface area contributed by atoms with Crippen LogP contribution in [0, 0.1) is 6.92 Å². The molecule has 1 fully saturated rings. The number of likely N-dealkylation sites (tertiary alicyclic amines) is 1. The second-order valence-electron chi connectivity index (χ2n) is 7.13. The van der Waals surface area contributed by atoms with Gasteiger partial charge in [0.25, 0.3) is 5.91 Å². The Bertz CT molecular complexity index is 842. The molecular formula is C21H29N3O2S. The maximum Gasteiger partial charge on any atom is 0.257 e. The number of thiophene rings is 1. The Balaban J connectivity index is 1.85. The molecule has 1 atom stereocenters. The van der Waals surface area contributed by atoms with Crippen LogP contribution in [0.15, 0.2) is 28.4 Å². The van der Waals surface area contributed by atoms with Gasteiger partial charge in [0.15, 0.2) is 5.43 Å². The lowest BCUT2D eigenvalue weighted by atomic mass is 10.1. The van der Waals surface area contributed by atoms with Gasteiger partial charge in [0.05, 0.1) is 6.54 Å². The zero-order valence-electron chi connectivity index (χ0n) is 16.5. The molecule has 5 nitrogen and oxygen atoms in total. The predicted molar refractivity (Wildman–Crippen MR) is 111 cm³/mol. The average molecular weight is 388 g/mol. The van der Waals surface area contributed by atoms with E-state index >= 15 is 0 Å². The SMILES string of the molecule is CCc1c(C(=O)NC[C@H]2CCCN2CC)c(=O)cc(C)n1Cc1cccs1. The molecule has 2 aromatic heterocycles. The number of rotatable bonds is 7. The number of hydrogen-bond donors (Lipinski definition) is 1. The van der Waals surface area contributed by atoms with E-state index in [4.69, 9.17) is 0 Å². The molecule has 6 heteroatoms. The summed E-state index contributed by atoms with van der Waals surface area (Å²) in [6, 6.07) is 6.08. The second kappa shape index (κ2) is 8.85. The van der Waals surface area contributed by atoms with E-state index in [-0.39, 0.29) is 11.3 Å². The molecule has 27 heavy (non-hydrogen) atoms. The second-order valence-corrected chi connectivity index (χ2v) is 8.16. The topological polar surface area (TPSA) is 54.3 Å². The molecule has 0 spiro atoms. The Labute approximate surface area is 165 Å². The molecule has 146 valence electrons.